The van der Waals surface area contributed by atoms with Gasteiger partial charge in [-0.2, -0.15) is 5.10 Å². The zero-order chi connectivity index (χ0) is 13.7. The van der Waals surface area contributed by atoms with Crippen molar-refractivity contribution in [1.29, 1.82) is 0 Å². The molecule has 2 heterocycles. The van der Waals surface area contributed by atoms with Crippen molar-refractivity contribution in [1.82, 2.24) is 30.4 Å². The lowest BCUT2D eigenvalue weighted by Gasteiger charge is -2.11. The van der Waals surface area contributed by atoms with Crippen LogP contribution in [-0.4, -0.2) is 45.3 Å². The number of amides is 1. The van der Waals surface area contributed by atoms with Crippen LogP contribution in [0.2, 0.25) is 0 Å². The van der Waals surface area contributed by atoms with Gasteiger partial charge in [-0.3, -0.25) is 4.79 Å². The smallest absolute Gasteiger partial charge is 0.252 e. The minimum atomic E-state index is -0.139. The molecule has 0 aliphatic rings. The van der Waals surface area contributed by atoms with Gasteiger partial charge in [0.15, 0.2) is 5.82 Å². The Bertz CT molecular complexity index is 522. The Morgan fingerprint density at radius 1 is 1.47 bits per heavy atom. The van der Waals surface area contributed by atoms with Crippen molar-refractivity contribution in [3.05, 3.63) is 36.5 Å². The number of pyridine rings is 1. The summed E-state index contributed by atoms with van der Waals surface area (Å²) >= 11 is 0. The molecule has 0 aliphatic heterocycles. The molecule has 0 fully saturated rings. The molecular weight excluding hydrogens is 244 g/mol. The fraction of sp³-hybridized carbons (Fsp3) is 0.333. The standard InChI is InChI=1S/C12H16N6O/c1-9(13-2)5-16-12(19)10-3-4-11(15-6-10)18-8-14-7-17-18/h3-4,6-9,13H,5H2,1-2H3,(H,16,19). The summed E-state index contributed by atoms with van der Waals surface area (Å²) in [7, 11) is 1.85. The van der Waals surface area contributed by atoms with Crippen LogP contribution in [0.25, 0.3) is 5.82 Å². The number of aromatic nitrogens is 4. The highest BCUT2D eigenvalue weighted by molar-refractivity contribution is 5.93. The molecule has 0 radical (unpaired) electrons. The summed E-state index contributed by atoms with van der Waals surface area (Å²) in [6.07, 6.45) is 4.51. The topological polar surface area (TPSA) is 84.7 Å². The van der Waals surface area contributed by atoms with Gasteiger partial charge in [-0.15, -0.1) is 0 Å². The molecule has 2 rings (SSSR count). The van der Waals surface area contributed by atoms with Crippen LogP contribution in [0, 0.1) is 0 Å². The van der Waals surface area contributed by atoms with Crippen molar-refractivity contribution in [2.75, 3.05) is 13.6 Å². The molecule has 0 aromatic carbocycles. The van der Waals surface area contributed by atoms with Gasteiger partial charge < -0.3 is 10.6 Å². The monoisotopic (exact) mass is 260 g/mol. The molecule has 19 heavy (non-hydrogen) atoms. The second kappa shape index (κ2) is 6.05. The first-order valence-corrected chi connectivity index (χ1v) is 5.97. The lowest BCUT2D eigenvalue weighted by atomic mass is 10.2. The molecule has 1 unspecified atom stereocenters. The third-order valence-electron chi connectivity index (χ3n) is 2.73. The molecule has 7 nitrogen and oxygen atoms in total. The van der Waals surface area contributed by atoms with E-state index in [1.54, 1.807) is 18.5 Å². The molecule has 0 bridgehead atoms. The minimum Gasteiger partial charge on any atom is -0.350 e. The van der Waals surface area contributed by atoms with Crippen LogP contribution in [-0.2, 0) is 0 Å². The highest BCUT2D eigenvalue weighted by Gasteiger charge is 2.08. The van der Waals surface area contributed by atoms with Gasteiger partial charge in [0, 0.05) is 18.8 Å². The molecule has 0 saturated heterocycles. The largest absolute Gasteiger partial charge is 0.350 e. The van der Waals surface area contributed by atoms with Crippen LogP contribution in [0.4, 0.5) is 0 Å². The molecule has 100 valence electrons. The maximum Gasteiger partial charge on any atom is 0.252 e. The van der Waals surface area contributed by atoms with Crippen LogP contribution in [0.3, 0.4) is 0 Å². The lowest BCUT2D eigenvalue weighted by Crippen LogP contribution is -2.37. The number of nitrogens with zero attached hydrogens (tertiary/aromatic N) is 4. The van der Waals surface area contributed by atoms with Crippen molar-refractivity contribution in [3.63, 3.8) is 0 Å². The molecule has 2 aromatic heterocycles. The van der Waals surface area contributed by atoms with Crippen molar-refractivity contribution in [2.24, 2.45) is 0 Å². The van der Waals surface area contributed by atoms with Gasteiger partial charge in [0.05, 0.1) is 5.56 Å². The van der Waals surface area contributed by atoms with E-state index in [0.29, 0.717) is 17.9 Å². The molecule has 7 heteroatoms. The van der Waals surface area contributed by atoms with Crippen LogP contribution < -0.4 is 10.6 Å². The summed E-state index contributed by atoms with van der Waals surface area (Å²) in [5.41, 5.74) is 0.521. The van der Waals surface area contributed by atoms with Gasteiger partial charge in [0.25, 0.3) is 5.91 Å². The fourth-order valence-corrected chi connectivity index (χ4v) is 1.43. The second-order valence-corrected chi connectivity index (χ2v) is 4.14. The van der Waals surface area contributed by atoms with E-state index in [1.807, 2.05) is 14.0 Å². The Morgan fingerprint density at radius 2 is 2.32 bits per heavy atom. The van der Waals surface area contributed by atoms with Crippen LogP contribution in [0.1, 0.15) is 17.3 Å². The molecular formula is C12H16N6O. The Balaban J connectivity index is 2.00. The number of rotatable bonds is 5. The van der Waals surface area contributed by atoms with Crippen LogP contribution >= 0.6 is 0 Å². The van der Waals surface area contributed by atoms with E-state index in [4.69, 9.17) is 0 Å². The van der Waals surface area contributed by atoms with E-state index in [0.717, 1.165) is 0 Å². The number of likely N-dealkylation sites (N-methyl/N-ethyl adjacent to an activating group) is 1. The van der Waals surface area contributed by atoms with Crippen molar-refractivity contribution in [2.45, 2.75) is 13.0 Å². The molecule has 2 aromatic rings. The average Bonchev–Trinajstić information content (AvgIpc) is 2.98. The van der Waals surface area contributed by atoms with Crippen molar-refractivity contribution in [3.8, 4) is 5.82 Å². The van der Waals surface area contributed by atoms with Gasteiger partial charge >= 0.3 is 0 Å². The summed E-state index contributed by atoms with van der Waals surface area (Å²) < 4.78 is 1.53. The summed E-state index contributed by atoms with van der Waals surface area (Å²) in [5, 5.41) is 9.84. The van der Waals surface area contributed by atoms with E-state index in [2.05, 4.69) is 25.7 Å². The number of hydrogen-bond donors (Lipinski definition) is 2. The van der Waals surface area contributed by atoms with Crippen LogP contribution in [0.5, 0.6) is 0 Å². The normalized spacial score (nSPS) is 12.1. The molecule has 0 spiro atoms. The third kappa shape index (κ3) is 3.35. The molecule has 0 aliphatic carbocycles. The Labute approximate surface area is 111 Å². The number of nitrogens with one attached hydrogen (secondary N) is 2. The van der Waals surface area contributed by atoms with Gasteiger partial charge in [-0.1, -0.05) is 0 Å². The average molecular weight is 260 g/mol. The molecule has 0 saturated carbocycles. The summed E-state index contributed by atoms with van der Waals surface area (Å²) in [5.74, 6) is 0.484. The second-order valence-electron chi connectivity index (χ2n) is 4.14. The summed E-state index contributed by atoms with van der Waals surface area (Å²) in [6, 6.07) is 3.67. The van der Waals surface area contributed by atoms with Gasteiger partial charge in [0.1, 0.15) is 12.7 Å². The zero-order valence-corrected chi connectivity index (χ0v) is 10.9. The van der Waals surface area contributed by atoms with Crippen molar-refractivity contribution < 1.29 is 4.79 Å². The maximum atomic E-state index is 11.8. The van der Waals surface area contributed by atoms with Gasteiger partial charge in [-0.05, 0) is 26.1 Å². The van der Waals surface area contributed by atoms with E-state index in [-0.39, 0.29) is 11.9 Å². The zero-order valence-electron chi connectivity index (χ0n) is 10.9. The lowest BCUT2D eigenvalue weighted by molar-refractivity contribution is 0.0950. The highest BCUT2D eigenvalue weighted by Crippen LogP contribution is 2.03. The molecule has 1 amide bonds. The quantitative estimate of drug-likeness (QED) is 0.790. The molecule has 2 N–H and O–H groups in total. The third-order valence-corrected chi connectivity index (χ3v) is 2.73. The maximum absolute atomic E-state index is 11.8. The number of carbonyl (C=O) groups is 1. The first-order valence-electron chi connectivity index (χ1n) is 5.97. The minimum absolute atomic E-state index is 0.139. The first-order chi connectivity index (χ1) is 9.20. The summed E-state index contributed by atoms with van der Waals surface area (Å²) in [4.78, 5) is 19.9. The fourth-order valence-electron chi connectivity index (χ4n) is 1.43. The number of carbonyl (C=O) groups excluding carboxylic acids is 1. The van der Waals surface area contributed by atoms with E-state index in [9.17, 15) is 4.79 Å². The van der Waals surface area contributed by atoms with E-state index >= 15 is 0 Å². The SMILES string of the molecule is CNC(C)CNC(=O)c1ccc(-n2cncn2)nc1. The van der Waals surface area contributed by atoms with Gasteiger partial charge in [0.2, 0.25) is 0 Å². The number of hydrogen-bond acceptors (Lipinski definition) is 5. The Hall–Kier alpha value is -2.28. The van der Waals surface area contributed by atoms with Gasteiger partial charge in [-0.25, -0.2) is 14.6 Å². The molecule has 1 atom stereocenters. The first kappa shape index (κ1) is 13.2. The summed E-state index contributed by atoms with van der Waals surface area (Å²) in [6.45, 7) is 2.56. The Kier molecular flexibility index (Phi) is 4.19. The van der Waals surface area contributed by atoms with E-state index < -0.39 is 0 Å². The predicted molar refractivity (Wildman–Crippen MR) is 70.0 cm³/mol. The predicted octanol–water partition coefficient (Wildman–Crippen LogP) is -0.000000000000000222. The Morgan fingerprint density at radius 3 is 2.89 bits per heavy atom. The highest BCUT2D eigenvalue weighted by atomic mass is 16.1. The van der Waals surface area contributed by atoms with Crippen molar-refractivity contribution >= 4 is 5.91 Å². The van der Waals surface area contributed by atoms with Crippen LogP contribution in [0.15, 0.2) is 31.0 Å². The van der Waals surface area contributed by atoms with E-state index in [1.165, 1.54) is 17.2 Å².